The average molecular weight is 427 g/mol. The highest BCUT2D eigenvalue weighted by Gasteiger charge is 2.31. The van der Waals surface area contributed by atoms with Crippen molar-refractivity contribution in [3.05, 3.63) is 53.3 Å². The summed E-state index contributed by atoms with van der Waals surface area (Å²) in [5.41, 5.74) is 3.30. The number of nitrogens with one attached hydrogen (secondary N) is 2. The van der Waals surface area contributed by atoms with Crippen LogP contribution in [0.25, 0.3) is 0 Å². The molecule has 1 amide bonds. The monoisotopic (exact) mass is 426 g/mol. The number of carbonyl (C=O) groups excluding carboxylic acids is 1. The molecule has 2 aromatic rings. The van der Waals surface area contributed by atoms with Crippen molar-refractivity contribution in [3.63, 3.8) is 0 Å². The van der Waals surface area contributed by atoms with E-state index in [1.54, 1.807) is 11.8 Å². The van der Waals surface area contributed by atoms with E-state index in [2.05, 4.69) is 60.7 Å². The number of rotatable bonds is 6. The van der Waals surface area contributed by atoms with E-state index in [0.29, 0.717) is 6.42 Å². The molecule has 2 saturated heterocycles. The Morgan fingerprint density at radius 2 is 1.77 bits per heavy atom. The molecule has 2 unspecified atom stereocenters. The quantitative estimate of drug-likeness (QED) is 0.539. The Morgan fingerprint density at radius 3 is 2.47 bits per heavy atom. The smallest absolute Gasteiger partial charge is 0.223 e. The minimum absolute atomic E-state index is 0.101. The van der Waals surface area contributed by atoms with E-state index in [1.165, 1.54) is 5.56 Å². The summed E-state index contributed by atoms with van der Waals surface area (Å²) in [7, 11) is 0. The SMILES string of the molecule is Cc1cc(C)nc(SCC2CC(=O)NC(N3CCN(Cc4ccccc4)CC3)N2)n1. The van der Waals surface area contributed by atoms with Gasteiger partial charge in [-0.25, -0.2) is 9.97 Å². The third-order valence-corrected chi connectivity index (χ3v) is 6.53. The van der Waals surface area contributed by atoms with E-state index in [9.17, 15) is 4.79 Å². The molecule has 1 aromatic heterocycles. The molecule has 2 aliphatic rings. The number of amides is 1. The van der Waals surface area contributed by atoms with Gasteiger partial charge in [-0.2, -0.15) is 0 Å². The van der Waals surface area contributed by atoms with Crippen LogP contribution in [-0.2, 0) is 11.3 Å². The molecule has 2 aliphatic heterocycles. The number of carbonyl (C=O) groups is 1. The highest BCUT2D eigenvalue weighted by atomic mass is 32.2. The molecule has 1 aromatic carbocycles. The lowest BCUT2D eigenvalue weighted by Crippen LogP contribution is -2.66. The van der Waals surface area contributed by atoms with Crippen molar-refractivity contribution in [1.82, 2.24) is 30.4 Å². The molecule has 0 aliphatic carbocycles. The zero-order valence-corrected chi connectivity index (χ0v) is 18.5. The third kappa shape index (κ3) is 5.78. The van der Waals surface area contributed by atoms with Crippen molar-refractivity contribution in [3.8, 4) is 0 Å². The number of thioether (sulfide) groups is 1. The Labute approximate surface area is 182 Å². The van der Waals surface area contributed by atoms with Crippen LogP contribution in [-0.4, -0.2) is 69.9 Å². The summed E-state index contributed by atoms with van der Waals surface area (Å²) >= 11 is 1.62. The summed E-state index contributed by atoms with van der Waals surface area (Å²) in [6.45, 7) is 8.82. The summed E-state index contributed by atoms with van der Waals surface area (Å²) in [4.78, 5) is 26.1. The highest BCUT2D eigenvalue weighted by Crippen LogP contribution is 2.19. The van der Waals surface area contributed by atoms with Crippen molar-refractivity contribution in [2.24, 2.45) is 0 Å². The van der Waals surface area contributed by atoms with Gasteiger partial charge in [0, 0.05) is 62.3 Å². The number of aryl methyl sites for hydroxylation is 2. The lowest BCUT2D eigenvalue weighted by atomic mass is 10.1. The van der Waals surface area contributed by atoms with Gasteiger partial charge in [0.15, 0.2) is 5.16 Å². The maximum absolute atomic E-state index is 12.3. The normalized spacial score (nSPS) is 23.3. The average Bonchev–Trinajstić information content (AvgIpc) is 2.73. The van der Waals surface area contributed by atoms with Crippen LogP contribution in [0.5, 0.6) is 0 Å². The number of aromatic nitrogens is 2. The van der Waals surface area contributed by atoms with Gasteiger partial charge in [0.25, 0.3) is 0 Å². The Hall–Kier alpha value is -2.00. The van der Waals surface area contributed by atoms with E-state index in [4.69, 9.17) is 0 Å². The predicted molar refractivity (Wildman–Crippen MR) is 119 cm³/mol. The van der Waals surface area contributed by atoms with Gasteiger partial charge >= 0.3 is 0 Å². The fourth-order valence-corrected chi connectivity index (χ4v) is 5.00. The van der Waals surface area contributed by atoms with E-state index in [0.717, 1.165) is 55.0 Å². The number of benzene rings is 1. The van der Waals surface area contributed by atoms with Gasteiger partial charge in [0.2, 0.25) is 5.91 Å². The van der Waals surface area contributed by atoms with Gasteiger partial charge in [-0.3, -0.25) is 19.9 Å². The molecule has 3 heterocycles. The van der Waals surface area contributed by atoms with Crippen molar-refractivity contribution in [1.29, 1.82) is 0 Å². The summed E-state index contributed by atoms with van der Waals surface area (Å²) in [6, 6.07) is 12.7. The second-order valence-electron chi connectivity index (χ2n) is 8.08. The van der Waals surface area contributed by atoms with Gasteiger partial charge in [-0.15, -0.1) is 0 Å². The molecular weight excluding hydrogens is 396 g/mol. The first-order chi connectivity index (χ1) is 14.5. The Balaban J connectivity index is 1.28. The molecule has 2 N–H and O–H groups in total. The molecule has 160 valence electrons. The Morgan fingerprint density at radius 1 is 1.07 bits per heavy atom. The predicted octanol–water partition coefficient (Wildman–Crippen LogP) is 1.77. The first kappa shape index (κ1) is 21.2. The van der Waals surface area contributed by atoms with Gasteiger partial charge < -0.3 is 5.32 Å². The number of hydrogen-bond donors (Lipinski definition) is 2. The summed E-state index contributed by atoms with van der Waals surface area (Å²) in [5, 5.41) is 7.51. The number of nitrogens with zero attached hydrogens (tertiary/aromatic N) is 4. The van der Waals surface area contributed by atoms with Crippen LogP contribution in [0.2, 0.25) is 0 Å². The van der Waals surface area contributed by atoms with E-state index in [1.807, 2.05) is 19.9 Å². The molecule has 0 bridgehead atoms. The molecule has 8 heteroatoms. The highest BCUT2D eigenvalue weighted by molar-refractivity contribution is 7.99. The van der Waals surface area contributed by atoms with Gasteiger partial charge in [-0.1, -0.05) is 42.1 Å². The topological polar surface area (TPSA) is 73.4 Å². The standard InChI is InChI=1S/C22H30N6OS/c1-16-12-17(2)24-22(23-16)30-15-19-13-20(29)26-21(25-19)28-10-8-27(9-11-28)14-18-6-4-3-5-7-18/h3-7,12,19,21,25H,8-11,13-15H2,1-2H3,(H,26,29). The van der Waals surface area contributed by atoms with Crippen LogP contribution >= 0.6 is 11.8 Å². The zero-order valence-electron chi connectivity index (χ0n) is 17.7. The second kappa shape index (κ2) is 9.87. The fraction of sp³-hybridized carbons (Fsp3) is 0.500. The fourth-order valence-electron chi connectivity index (χ4n) is 4.02. The summed E-state index contributed by atoms with van der Waals surface area (Å²) in [6.07, 6.45) is 0.387. The van der Waals surface area contributed by atoms with Crippen LogP contribution in [0.3, 0.4) is 0 Å². The van der Waals surface area contributed by atoms with E-state index >= 15 is 0 Å². The molecule has 2 fully saturated rings. The summed E-state index contributed by atoms with van der Waals surface area (Å²) in [5.74, 6) is 0.887. The molecule has 2 atom stereocenters. The minimum Gasteiger partial charge on any atom is -0.328 e. The maximum atomic E-state index is 12.3. The molecule has 0 saturated carbocycles. The van der Waals surface area contributed by atoms with Crippen molar-refractivity contribution >= 4 is 17.7 Å². The van der Waals surface area contributed by atoms with Crippen LogP contribution < -0.4 is 10.6 Å². The van der Waals surface area contributed by atoms with Gasteiger partial charge in [0.05, 0.1) is 0 Å². The largest absolute Gasteiger partial charge is 0.328 e. The number of piperazine rings is 1. The second-order valence-corrected chi connectivity index (χ2v) is 9.07. The van der Waals surface area contributed by atoms with Crippen LogP contribution in [0.1, 0.15) is 23.4 Å². The minimum atomic E-state index is -0.101. The Kier molecular flexibility index (Phi) is 6.99. The summed E-state index contributed by atoms with van der Waals surface area (Å²) < 4.78 is 0. The number of hydrogen-bond acceptors (Lipinski definition) is 7. The van der Waals surface area contributed by atoms with Crippen molar-refractivity contribution in [2.45, 2.75) is 44.3 Å². The van der Waals surface area contributed by atoms with Crippen LogP contribution in [0.15, 0.2) is 41.6 Å². The lowest BCUT2D eigenvalue weighted by molar-refractivity contribution is -0.127. The first-order valence-electron chi connectivity index (χ1n) is 10.6. The maximum Gasteiger partial charge on any atom is 0.223 e. The van der Waals surface area contributed by atoms with E-state index in [-0.39, 0.29) is 18.2 Å². The van der Waals surface area contributed by atoms with E-state index < -0.39 is 0 Å². The van der Waals surface area contributed by atoms with Gasteiger partial charge in [-0.05, 0) is 25.5 Å². The lowest BCUT2D eigenvalue weighted by Gasteiger charge is -2.43. The van der Waals surface area contributed by atoms with Crippen molar-refractivity contribution in [2.75, 3.05) is 31.9 Å². The third-order valence-electron chi connectivity index (χ3n) is 5.52. The Bertz CT molecular complexity index is 836. The first-order valence-corrected chi connectivity index (χ1v) is 11.5. The van der Waals surface area contributed by atoms with Gasteiger partial charge in [0.1, 0.15) is 6.29 Å². The van der Waals surface area contributed by atoms with Crippen LogP contribution in [0.4, 0.5) is 0 Å². The zero-order chi connectivity index (χ0) is 20.9. The molecule has 0 radical (unpaired) electrons. The molecule has 7 nitrogen and oxygen atoms in total. The molecule has 0 spiro atoms. The van der Waals surface area contributed by atoms with Crippen LogP contribution in [0, 0.1) is 13.8 Å². The molecular formula is C22H30N6OS. The molecule has 4 rings (SSSR count). The molecule has 30 heavy (non-hydrogen) atoms. The van der Waals surface area contributed by atoms with Crippen molar-refractivity contribution < 1.29 is 4.79 Å².